The van der Waals surface area contributed by atoms with Crippen molar-refractivity contribution in [3.8, 4) is 5.88 Å². The number of nitrogens with one attached hydrogen (secondary N) is 1. The summed E-state index contributed by atoms with van der Waals surface area (Å²) >= 11 is 0. The summed E-state index contributed by atoms with van der Waals surface area (Å²) in [5.41, 5.74) is -0.787. The third-order valence-electron chi connectivity index (χ3n) is 4.06. The standard InChI is InChI=1S/C13H17FN2O2/c1-18-12-11(14)10(4-5-15-12)13(17)6-8-2-3-9(7-13)16-8/h4-5,8-9,16-17H,2-3,6-7H2,1H3. The summed E-state index contributed by atoms with van der Waals surface area (Å²) < 4.78 is 19.1. The molecule has 98 valence electrons. The van der Waals surface area contributed by atoms with Crippen LogP contribution in [0.5, 0.6) is 5.88 Å². The van der Waals surface area contributed by atoms with Crippen LogP contribution in [0.25, 0.3) is 0 Å². The molecular weight excluding hydrogens is 235 g/mol. The van der Waals surface area contributed by atoms with Crippen LogP contribution < -0.4 is 10.1 Å². The molecule has 1 aromatic heterocycles. The summed E-state index contributed by atoms with van der Waals surface area (Å²) in [4.78, 5) is 3.81. The van der Waals surface area contributed by atoms with E-state index in [4.69, 9.17) is 4.74 Å². The van der Waals surface area contributed by atoms with Crippen LogP contribution in [0.4, 0.5) is 4.39 Å². The molecule has 3 heterocycles. The highest BCUT2D eigenvalue weighted by atomic mass is 19.1. The van der Waals surface area contributed by atoms with Crippen LogP contribution in [-0.4, -0.2) is 29.3 Å². The van der Waals surface area contributed by atoms with Crippen molar-refractivity contribution in [2.24, 2.45) is 0 Å². The third kappa shape index (κ3) is 1.78. The molecule has 2 aliphatic heterocycles. The molecule has 2 fully saturated rings. The molecule has 5 heteroatoms. The largest absolute Gasteiger partial charge is 0.479 e. The first-order chi connectivity index (χ1) is 8.62. The van der Waals surface area contributed by atoms with Crippen LogP contribution in [0.2, 0.25) is 0 Å². The molecule has 2 bridgehead atoms. The van der Waals surface area contributed by atoms with Crippen molar-refractivity contribution in [2.75, 3.05) is 7.11 Å². The van der Waals surface area contributed by atoms with Crippen molar-refractivity contribution >= 4 is 0 Å². The number of halogens is 1. The summed E-state index contributed by atoms with van der Waals surface area (Å²) in [5, 5.41) is 14.2. The van der Waals surface area contributed by atoms with E-state index in [-0.39, 0.29) is 18.0 Å². The maximum atomic E-state index is 14.2. The zero-order valence-electron chi connectivity index (χ0n) is 10.3. The lowest BCUT2D eigenvalue weighted by molar-refractivity contribution is -0.0148. The van der Waals surface area contributed by atoms with Gasteiger partial charge in [0.15, 0.2) is 5.82 Å². The van der Waals surface area contributed by atoms with Gasteiger partial charge in [-0.2, -0.15) is 0 Å². The monoisotopic (exact) mass is 252 g/mol. The minimum absolute atomic E-state index is 0.0493. The van der Waals surface area contributed by atoms with E-state index in [0.717, 1.165) is 12.8 Å². The van der Waals surface area contributed by atoms with Crippen molar-refractivity contribution in [3.63, 3.8) is 0 Å². The lowest BCUT2D eigenvalue weighted by Crippen LogP contribution is -2.47. The van der Waals surface area contributed by atoms with E-state index in [1.807, 2.05) is 0 Å². The van der Waals surface area contributed by atoms with Gasteiger partial charge in [0.1, 0.15) is 0 Å². The Morgan fingerprint density at radius 1 is 1.44 bits per heavy atom. The molecule has 0 saturated carbocycles. The average Bonchev–Trinajstić information content (AvgIpc) is 2.69. The summed E-state index contributed by atoms with van der Waals surface area (Å²) in [6.45, 7) is 0. The van der Waals surface area contributed by atoms with E-state index in [2.05, 4.69) is 10.3 Å². The fourth-order valence-electron chi connectivity index (χ4n) is 3.27. The van der Waals surface area contributed by atoms with E-state index in [0.29, 0.717) is 18.4 Å². The van der Waals surface area contributed by atoms with Crippen LogP contribution in [0.1, 0.15) is 31.2 Å². The molecule has 2 atom stereocenters. The molecule has 2 unspecified atom stereocenters. The number of hydrogen-bond acceptors (Lipinski definition) is 4. The number of nitrogens with zero attached hydrogens (tertiary/aromatic N) is 1. The highest BCUT2D eigenvalue weighted by Crippen LogP contribution is 2.42. The number of aromatic nitrogens is 1. The normalized spacial score (nSPS) is 34.6. The lowest BCUT2D eigenvalue weighted by atomic mass is 9.81. The van der Waals surface area contributed by atoms with Gasteiger partial charge in [-0.25, -0.2) is 9.37 Å². The first kappa shape index (κ1) is 11.9. The van der Waals surface area contributed by atoms with Crippen LogP contribution in [0.15, 0.2) is 12.3 Å². The van der Waals surface area contributed by atoms with Gasteiger partial charge in [0.05, 0.1) is 12.7 Å². The smallest absolute Gasteiger partial charge is 0.250 e. The van der Waals surface area contributed by atoms with Crippen molar-refractivity contribution in [1.29, 1.82) is 0 Å². The Morgan fingerprint density at radius 2 is 2.11 bits per heavy atom. The Bertz CT molecular complexity index is 454. The van der Waals surface area contributed by atoms with Crippen molar-refractivity contribution < 1.29 is 14.2 Å². The summed E-state index contributed by atoms with van der Waals surface area (Å²) in [5.74, 6) is -0.587. The van der Waals surface area contributed by atoms with Gasteiger partial charge in [-0.3, -0.25) is 0 Å². The van der Waals surface area contributed by atoms with Crippen LogP contribution >= 0.6 is 0 Å². The second kappa shape index (κ2) is 4.17. The summed E-state index contributed by atoms with van der Waals surface area (Å²) in [6.07, 6.45) is 4.69. The second-order valence-corrected chi connectivity index (χ2v) is 5.26. The topological polar surface area (TPSA) is 54.4 Å². The van der Waals surface area contributed by atoms with Gasteiger partial charge in [0.25, 0.3) is 0 Å². The van der Waals surface area contributed by atoms with Crippen molar-refractivity contribution in [3.05, 3.63) is 23.6 Å². The Morgan fingerprint density at radius 3 is 2.72 bits per heavy atom. The number of fused-ring (bicyclic) bond motifs is 2. The average molecular weight is 252 g/mol. The predicted molar refractivity (Wildman–Crippen MR) is 63.8 cm³/mol. The van der Waals surface area contributed by atoms with Crippen LogP contribution in [0, 0.1) is 5.82 Å². The van der Waals surface area contributed by atoms with Gasteiger partial charge in [-0.15, -0.1) is 0 Å². The SMILES string of the molecule is COc1nccc(C2(O)CC3CCC(C2)N3)c1F. The Labute approximate surface area is 105 Å². The van der Waals surface area contributed by atoms with Crippen LogP contribution in [0.3, 0.4) is 0 Å². The minimum Gasteiger partial charge on any atom is -0.479 e. The van der Waals surface area contributed by atoms with Gasteiger partial charge in [-0.05, 0) is 31.7 Å². The number of pyridine rings is 1. The first-order valence-electron chi connectivity index (χ1n) is 6.30. The Hall–Kier alpha value is -1.20. The molecule has 18 heavy (non-hydrogen) atoms. The number of rotatable bonds is 2. The molecule has 4 nitrogen and oxygen atoms in total. The molecule has 3 rings (SSSR count). The van der Waals surface area contributed by atoms with Crippen LogP contribution in [-0.2, 0) is 5.60 Å². The fourth-order valence-corrected chi connectivity index (χ4v) is 3.27. The number of ether oxygens (including phenoxy) is 1. The quantitative estimate of drug-likeness (QED) is 0.834. The third-order valence-corrected chi connectivity index (χ3v) is 4.06. The van der Waals surface area contributed by atoms with Crippen molar-refractivity contribution in [1.82, 2.24) is 10.3 Å². The van der Waals surface area contributed by atoms with Gasteiger partial charge < -0.3 is 15.2 Å². The van der Waals surface area contributed by atoms with E-state index in [1.54, 1.807) is 6.07 Å². The van der Waals surface area contributed by atoms with Gasteiger partial charge in [-0.1, -0.05) is 0 Å². The number of aliphatic hydroxyl groups is 1. The highest BCUT2D eigenvalue weighted by Gasteiger charge is 2.45. The molecule has 0 radical (unpaired) electrons. The molecule has 2 saturated heterocycles. The first-order valence-corrected chi connectivity index (χ1v) is 6.30. The fraction of sp³-hybridized carbons (Fsp3) is 0.615. The zero-order chi connectivity index (χ0) is 12.8. The number of piperidine rings is 1. The van der Waals surface area contributed by atoms with E-state index in [1.165, 1.54) is 13.3 Å². The second-order valence-electron chi connectivity index (χ2n) is 5.26. The Balaban J connectivity index is 1.98. The maximum Gasteiger partial charge on any atom is 0.250 e. The Kier molecular flexibility index (Phi) is 2.75. The molecule has 0 amide bonds. The minimum atomic E-state index is -1.10. The highest BCUT2D eigenvalue weighted by molar-refractivity contribution is 5.30. The predicted octanol–water partition coefficient (Wildman–Crippen LogP) is 1.33. The molecule has 0 aliphatic carbocycles. The van der Waals surface area contributed by atoms with Crippen molar-refractivity contribution in [2.45, 2.75) is 43.4 Å². The van der Waals surface area contributed by atoms with E-state index >= 15 is 0 Å². The van der Waals surface area contributed by atoms with E-state index < -0.39 is 11.4 Å². The summed E-state index contributed by atoms with van der Waals surface area (Å²) in [7, 11) is 1.38. The number of hydrogen-bond donors (Lipinski definition) is 2. The lowest BCUT2D eigenvalue weighted by Gasteiger charge is -2.37. The summed E-state index contributed by atoms with van der Waals surface area (Å²) in [6, 6.07) is 2.13. The maximum absolute atomic E-state index is 14.2. The molecule has 2 aliphatic rings. The zero-order valence-corrected chi connectivity index (χ0v) is 10.3. The van der Waals surface area contributed by atoms with E-state index in [9.17, 15) is 9.50 Å². The molecule has 1 aromatic rings. The molecule has 0 aromatic carbocycles. The van der Waals surface area contributed by atoms with Gasteiger partial charge in [0, 0.05) is 23.8 Å². The molecule has 0 spiro atoms. The number of methoxy groups -OCH3 is 1. The van der Waals surface area contributed by atoms with Gasteiger partial charge >= 0.3 is 0 Å². The molecular formula is C13H17FN2O2. The van der Waals surface area contributed by atoms with Gasteiger partial charge in [0.2, 0.25) is 5.88 Å². The molecule has 2 N–H and O–H groups in total.